The predicted molar refractivity (Wildman–Crippen MR) is 105 cm³/mol. The number of hydrogen-bond donors (Lipinski definition) is 0. The third-order valence-corrected chi connectivity index (χ3v) is 5.34. The van der Waals surface area contributed by atoms with Gasteiger partial charge in [-0.15, -0.1) is 0 Å². The average Bonchev–Trinajstić information content (AvgIpc) is 3.12. The zero-order chi connectivity index (χ0) is 21.3. The van der Waals surface area contributed by atoms with Gasteiger partial charge in [0, 0.05) is 43.4 Å². The third kappa shape index (κ3) is 3.94. The molecule has 6 nitrogen and oxygen atoms in total. The number of halogens is 2. The number of ether oxygens (including phenoxy) is 2. The van der Waals surface area contributed by atoms with Crippen molar-refractivity contribution in [2.75, 3.05) is 31.2 Å². The van der Waals surface area contributed by atoms with Crippen molar-refractivity contribution in [3.63, 3.8) is 0 Å². The Balaban J connectivity index is 1.50. The SMILES string of the molecule is CCN(Cc1cccc2c1OCCO2)C(=O)C1CC(=O)N(c2cc(F)cc(F)c2)C1. The number of hydrogen-bond acceptors (Lipinski definition) is 4. The molecule has 1 atom stereocenters. The van der Waals surface area contributed by atoms with E-state index in [1.54, 1.807) is 4.90 Å². The number of benzene rings is 2. The Morgan fingerprint density at radius 1 is 1.17 bits per heavy atom. The molecule has 2 aliphatic rings. The predicted octanol–water partition coefficient (Wildman–Crippen LogP) is 3.14. The maximum absolute atomic E-state index is 13.6. The lowest BCUT2D eigenvalue weighted by atomic mass is 10.1. The molecule has 0 aliphatic carbocycles. The van der Waals surface area contributed by atoms with Crippen LogP contribution in [0.5, 0.6) is 11.5 Å². The highest BCUT2D eigenvalue weighted by Crippen LogP contribution is 2.35. The fraction of sp³-hybridized carbons (Fsp3) is 0.364. The molecule has 2 aromatic carbocycles. The van der Waals surface area contributed by atoms with Crippen LogP contribution in [0.1, 0.15) is 18.9 Å². The normalized spacial score (nSPS) is 17.9. The number of para-hydroxylation sites is 1. The summed E-state index contributed by atoms with van der Waals surface area (Å²) in [4.78, 5) is 28.5. The van der Waals surface area contributed by atoms with Crippen LogP contribution in [0.25, 0.3) is 0 Å². The van der Waals surface area contributed by atoms with Gasteiger partial charge in [-0.05, 0) is 25.1 Å². The number of amides is 2. The van der Waals surface area contributed by atoms with E-state index >= 15 is 0 Å². The van der Waals surface area contributed by atoms with E-state index in [9.17, 15) is 18.4 Å². The van der Waals surface area contributed by atoms with Crippen molar-refractivity contribution in [1.29, 1.82) is 0 Å². The molecule has 158 valence electrons. The van der Waals surface area contributed by atoms with E-state index in [1.807, 2.05) is 25.1 Å². The first-order valence-electron chi connectivity index (χ1n) is 9.89. The fourth-order valence-electron chi connectivity index (χ4n) is 3.89. The van der Waals surface area contributed by atoms with Crippen LogP contribution in [0, 0.1) is 17.6 Å². The third-order valence-electron chi connectivity index (χ3n) is 5.34. The van der Waals surface area contributed by atoms with Crippen LogP contribution >= 0.6 is 0 Å². The minimum Gasteiger partial charge on any atom is -0.486 e. The van der Waals surface area contributed by atoms with E-state index in [1.165, 1.54) is 4.90 Å². The highest BCUT2D eigenvalue weighted by molar-refractivity contribution is 6.00. The zero-order valence-electron chi connectivity index (χ0n) is 16.6. The molecule has 30 heavy (non-hydrogen) atoms. The number of carbonyl (C=O) groups is 2. The van der Waals surface area contributed by atoms with Crippen LogP contribution < -0.4 is 14.4 Å². The minimum absolute atomic E-state index is 0.0000261. The van der Waals surface area contributed by atoms with E-state index in [2.05, 4.69) is 0 Å². The smallest absolute Gasteiger partial charge is 0.228 e. The van der Waals surface area contributed by atoms with Gasteiger partial charge in [0.15, 0.2) is 11.5 Å². The van der Waals surface area contributed by atoms with Crippen LogP contribution in [-0.4, -0.2) is 43.0 Å². The summed E-state index contributed by atoms with van der Waals surface area (Å²) in [5, 5.41) is 0. The molecule has 2 heterocycles. The van der Waals surface area contributed by atoms with Gasteiger partial charge in [-0.2, -0.15) is 0 Å². The number of carbonyl (C=O) groups excluding carboxylic acids is 2. The lowest BCUT2D eigenvalue weighted by molar-refractivity contribution is -0.136. The van der Waals surface area contributed by atoms with Gasteiger partial charge in [0.05, 0.1) is 5.92 Å². The molecule has 1 saturated heterocycles. The van der Waals surface area contributed by atoms with Crippen molar-refractivity contribution in [2.24, 2.45) is 5.92 Å². The second-order valence-corrected chi connectivity index (χ2v) is 7.33. The Hall–Kier alpha value is -3.16. The monoisotopic (exact) mass is 416 g/mol. The lowest BCUT2D eigenvalue weighted by Crippen LogP contribution is -2.37. The van der Waals surface area contributed by atoms with Gasteiger partial charge in [0.1, 0.15) is 24.8 Å². The van der Waals surface area contributed by atoms with Crippen LogP contribution in [0.3, 0.4) is 0 Å². The summed E-state index contributed by atoms with van der Waals surface area (Å²) in [6.45, 7) is 3.64. The molecular formula is C22H22F2N2O4. The first-order chi connectivity index (χ1) is 14.5. The van der Waals surface area contributed by atoms with Crippen molar-refractivity contribution in [2.45, 2.75) is 19.9 Å². The zero-order valence-corrected chi connectivity index (χ0v) is 16.6. The molecule has 8 heteroatoms. The molecule has 0 spiro atoms. The van der Waals surface area contributed by atoms with E-state index in [-0.39, 0.29) is 30.5 Å². The Morgan fingerprint density at radius 2 is 1.90 bits per heavy atom. The van der Waals surface area contributed by atoms with Crippen molar-refractivity contribution >= 4 is 17.5 Å². The summed E-state index contributed by atoms with van der Waals surface area (Å²) in [5.74, 6) is -1.34. The minimum atomic E-state index is -0.765. The number of anilines is 1. The molecule has 2 aliphatic heterocycles. The maximum atomic E-state index is 13.6. The van der Waals surface area contributed by atoms with Crippen LogP contribution in [0.4, 0.5) is 14.5 Å². The standard InChI is InChI=1S/C22H22F2N2O4/c1-2-25(12-14-4-3-5-19-21(14)30-7-6-29-19)22(28)15-8-20(27)26(13-15)18-10-16(23)9-17(24)11-18/h3-5,9-11,15H,2,6-8,12-13H2,1H3. The van der Waals surface area contributed by atoms with Gasteiger partial charge < -0.3 is 19.3 Å². The van der Waals surface area contributed by atoms with Crippen molar-refractivity contribution in [3.05, 3.63) is 53.6 Å². The van der Waals surface area contributed by atoms with Gasteiger partial charge in [-0.3, -0.25) is 9.59 Å². The molecule has 0 aromatic heterocycles. The van der Waals surface area contributed by atoms with Crippen molar-refractivity contribution in [1.82, 2.24) is 4.90 Å². The van der Waals surface area contributed by atoms with Gasteiger partial charge >= 0.3 is 0 Å². The molecule has 2 aromatic rings. The quantitative estimate of drug-likeness (QED) is 0.752. The second-order valence-electron chi connectivity index (χ2n) is 7.33. The molecule has 1 unspecified atom stereocenters. The molecule has 0 bridgehead atoms. The molecule has 4 rings (SSSR count). The van der Waals surface area contributed by atoms with E-state index in [0.717, 1.165) is 23.8 Å². The molecule has 0 N–H and O–H groups in total. The Bertz CT molecular complexity index is 961. The summed E-state index contributed by atoms with van der Waals surface area (Å²) in [7, 11) is 0. The van der Waals surface area contributed by atoms with E-state index in [0.29, 0.717) is 37.8 Å². The van der Waals surface area contributed by atoms with Gasteiger partial charge in [0.2, 0.25) is 11.8 Å². The highest BCUT2D eigenvalue weighted by atomic mass is 19.1. The Labute approximate surface area is 173 Å². The first kappa shape index (κ1) is 20.1. The topological polar surface area (TPSA) is 59.1 Å². The van der Waals surface area contributed by atoms with Crippen molar-refractivity contribution in [3.8, 4) is 11.5 Å². The summed E-state index contributed by atoms with van der Waals surface area (Å²) in [5.41, 5.74) is 0.953. The lowest BCUT2D eigenvalue weighted by Gasteiger charge is -2.27. The number of nitrogens with zero attached hydrogens (tertiary/aromatic N) is 2. The molecule has 0 radical (unpaired) electrons. The highest BCUT2D eigenvalue weighted by Gasteiger charge is 2.37. The summed E-state index contributed by atoms with van der Waals surface area (Å²) < 4.78 is 38.4. The fourth-order valence-corrected chi connectivity index (χ4v) is 3.89. The molecule has 2 amide bonds. The average molecular weight is 416 g/mol. The Kier molecular flexibility index (Phi) is 5.57. The summed E-state index contributed by atoms with van der Waals surface area (Å²) in [6, 6.07) is 8.49. The molecule has 1 fully saturated rings. The second kappa shape index (κ2) is 8.30. The van der Waals surface area contributed by atoms with Crippen LogP contribution in [0.15, 0.2) is 36.4 Å². The maximum Gasteiger partial charge on any atom is 0.228 e. The Morgan fingerprint density at radius 3 is 2.63 bits per heavy atom. The van der Waals surface area contributed by atoms with Crippen LogP contribution in [-0.2, 0) is 16.1 Å². The van der Waals surface area contributed by atoms with E-state index in [4.69, 9.17) is 9.47 Å². The summed E-state index contributed by atoms with van der Waals surface area (Å²) in [6.07, 6.45) is -0.0000261. The van der Waals surface area contributed by atoms with Crippen LogP contribution in [0.2, 0.25) is 0 Å². The van der Waals surface area contributed by atoms with Crippen molar-refractivity contribution < 1.29 is 27.8 Å². The van der Waals surface area contributed by atoms with E-state index < -0.39 is 17.6 Å². The van der Waals surface area contributed by atoms with Gasteiger partial charge in [0.25, 0.3) is 0 Å². The number of rotatable bonds is 5. The molecular weight excluding hydrogens is 394 g/mol. The number of fused-ring (bicyclic) bond motifs is 1. The summed E-state index contributed by atoms with van der Waals surface area (Å²) >= 11 is 0. The first-order valence-corrected chi connectivity index (χ1v) is 9.89. The van der Waals surface area contributed by atoms with Gasteiger partial charge in [-0.25, -0.2) is 8.78 Å². The molecule has 0 saturated carbocycles. The van der Waals surface area contributed by atoms with Gasteiger partial charge in [-0.1, -0.05) is 12.1 Å². The largest absolute Gasteiger partial charge is 0.486 e.